The fourth-order valence-electron chi connectivity index (χ4n) is 2.52. The zero-order valence-corrected chi connectivity index (χ0v) is 15.0. The minimum absolute atomic E-state index is 0. The standard InChI is InChI=1S/C15H23N3O3S.ClH/c1-3-17-22(20,21)13-7-6-11(2)14(9-13)15(19)18-12-5-4-8-16-10-12;/h6-7,9,12,16-17H,3-5,8,10H2,1-2H3,(H,18,19);1H/t12-;/m0./s1. The number of aryl methyl sites for hydroxylation is 1. The predicted molar refractivity (Wildman–Crippen MR) is 92.6 cm³/mol. The first-order valence-corrected chi connectivity index (χ1v) is 9.04. The van der Waals surface area contributed by atoms with Crippen molar-refractivity contribution in [2.24, 2.45) is 0 Å². The van der Waals surface area contributed by atoms with Gasteiger partial charge in [-0.2, -0.15) is 0 Å². The van der Waals surface area contributed by atoms with E-state index in [1.54, 1.807) is 19.9 Å². The number of sulfonamides is 1. The highest BCUT2D eigenvalue weighted by molar-refractivity contribution is 7.89. The van der Waals surface area contributed by atoms with Crippen LogP contribution in [0.15, 0.2) is 23.1 Å². The van der Waals surface area contributed by atoms with Gasteiger partial charge in [-0.3, -0.25) is 4.79 Å². The van der Waals surface area contributed by atoms with Crippen molar-refractivity contribution in [2.75, 3.05) is 19.6 Å². The van der Waals surface area contributed by atoms with Crippen LogP contribution in [0.1, 0.15) is 35.7 Å². The minimum Gasteiger partial charge on any atom is -0.348 e. The van der Waals surface area contributed by atoms with Gasteiger partial charge in [-0.15, -0.1) is 12.4 Å². The van der Waals surface area contributed by atoms with Crippen LogP contribution in [0.25, 0.3) is 0 Å². The zero-order chi connectivity index (χ0) is 16.2. The largest absolute Gasteiger partial charge is 0.348 e. The van der Waals surface area contributed by atoms with E-state index in [9.17, 15) is 13.2 Å². The van der Waals surface area contributed by atoms with E-state index in [1.807, 2.05) is 0 Å². The summed E-state index contributed by atoms with van der Waals surface area (Å²) in [6.45, 7) is 5.56. The molecule has 0 aliphatic carbocycles. The molecule has 1 aromatic rings. The fourth-order valence-corrected chi connectivity index (χ4v) is 3.59. The number of rotatable bonds is 5. The lowest BCUT2D eigenvalue weighted by Crippen LogP contribution is -2.45. The van der Waals surface area contributed by atoms with Gasteiger partial charge >= 0.3 is 0 Å². The van der Waals surface area contributed by atoms with E-state index in [1.165, 1.54) is 12.1 Å². The molecule has 0 radical (unpaired) electrons. The van der Waals surface area contributed by atoms with Crippen LogP contribution in [0, 0.1) is 6.92 Å². The lowest BCUT2D eigenvalue weighted by Gasteiger charge is -2.24. The predicted octanol–water partition coefficient (Wildman–Crippen LogP) is 1.20. The highest BCUT2D eigenvalue weighted by Gasteiger charge is 2.20. The summed E-state index contributed by atoms with van der Waals surface area (Å²) in [6.07, 6.45) is 1.96. The molecule has 1 fully saturated rings. The summed E-state index contributed by atoms with van der Waals surface area (Å²) in [5, 5.41) is 6.21. The maximum Gasteiger partial charge on any atom is 0.251 e. The molecule has 1 aromatic carbocycles. The summed E-state index contributed by atoms with van der Waals surface area (Å²) in [4.78, 5) is 12.5. The molecule has 2 rings (SSSR count). The minimum atomic E-state index is -3.56. The molecule has 0 bridgehead atoms. The number of carbonyl (C=O) groups is 1. The fraction of sp³-hybridized carbons (Fsp3) is 0.533. The van der Waals surface area contributed by atoms with E-state index in [0.29, 0.717) is 12.1 Å². The Bertz CT molecular complexity index is 643. The molecule has 8 heteroatoms. The number of piperidine rings is 1. The van der Waals surface area contributed by atoms with Crippen molar-refractivity contribution in [3.8, 4) is 0 Å². The van der Waals surface area contributed by atoms with Crippen molar-refractivity contribution in [3.63, 3.8) is 0 Å². The Morgan fingerprint density at radius 3 is 2.74 bits per heavy atom. The van der Waals surface area contributed by atoms with Gasteiger partial charge in [-0.1, -0.05) is 13.0 Å². The molecule has 6 nitrogen and oxygen atoms in total. The Morgan fingerprint density at radius 2 is 2.13 bits per heavy atom. The second-order valence-electron chi connectivity index (χ2n) is 5.49. The smallest absolute Gasteiger partial charge is 0.251 e. The van der Waals surface area contributed by atoms with E-state index >= 15 is 0 Å². The second-order valence-corrected chi connectivity index (χ2v) is 7.26. The van der Waals surface area contributed by atoms with Crippen LogP contribution in [0.2, 0.25) is 0 Å². The van der Waals surface area contributed by atoms with Gasteiger partial charge in [0.15, 0.2) is 0 Å². The number of benzene rings is 1. The summed E-state index contributed by atoms with van der Waals surface area (Å²) < 4.78 is 26.5. The summed E-state index contributed by atoms with van der Waals surface area (Å²) >= 11 is 0. The molecule has 130 valence electrons. The van der Waals surface area contributed by atoms with Crippen molar-refractivity contribution in [1.29, 1.82) is 0 Å². The zero-order valence-electron chi connectivity index (χ0n) is 13.4. The first kappa shape index (κ1) is 19.9. The van der Waals surface area contributed by atoms with E-state index in [2.05, 4.69) is 15.4 Å². The first-order chi connectivity index (χ1) is 10.4. The van der Waals surface area contributed by atoms with E-state index in [4.69, 9.17) is 0 Å². The Hall–Kier alpha value is -1.15. The number of amides is 1. The van der Waals surface area contributed by atoms with Gasteiger partial charge in [-0.25, -0.2) is 13.1 Å². The van der Waals surface area contributed by atoms with Crippen LogP contribution in [0.5, 0.6) is 0 Å². The van der Waals surface area contributed by atoms with Crippen molar-refractivity contribution in [2.45, 2.75) is 37.6 Å². The maximum atomic E-state index is 12.4. The van der Waals surface area contributed by atoms with Gasteiger partial charge in [0.05, 0.1) is 4.90 Å². The Kier molecular flexibility index (Phi) is 7.47. The molecule has 1 aliphatic rings. The molecular weight excluding hydrogens is 338 g/mol. The number of hydrogen-bond acceptors (Lipinski definition) is 4. The van der Waals surface area contributed by atoms with Crippen LogP contribution in [0.4, 0.5) is 0 Å². The summed E-state index contributed by atoms with van der Waals surface area (Å²) in [7, 11) is -3.56. The molecular formula is C15H24ClN3O3S. The van der Waals surface area contributed by atoms with Crippen LogP contribution >= 0.6 is 12.4 Å². The van der Waals surface area contributed by atoms with Gasteiger partial charge in [0.1, 0.15) is 0 Å². The molecule has 3 N–H and O–H groups in total. The number of hydrogen-bond donors (Lipinski definition) is 3. The molecule has 0 saturated carbocycles. The van der Waals surface area contributed by atoms with E-state index in [-0.39, 0.29) is 29.3 Å². The number of nitrogens with one attached hydrogen (secondary N) is 3. The normalized spacial score (nSPS) is 18.1. The molecule has 1 saturated heterocycles. The second kappa shape index (κ2) is 8.63. The Labute approximate surface area is 143 Å². The average Bonchev–Trinajstić information content (AvgIpc) is 2.48. The summed E-state index contributed by atoms with van der Waals surface area (Å²) in [5.41, 5.74) is 1.17. The van der Waals surface area contributed by atoms with Crippen LogP contribution < -0.4 is 15.4 Å². The number of carbonyl (C=O) groups excluding carboxylic acids is 1. The topological polar surface area (TPSA) is 87.3 Å². The molecule has 0 spiro atoms. The third-order valence-electron chi connectivity index (χ3n) is 3.73. The Balaban J connectivity index is 0.00000264. The molecule has 1 atom stereocenters. The van der Waals surface area contributed by atoms with E-state index in [0.717, 1.165) is 31.5 Å². The van der Waals surface area contributed by atoms with Gasteiger partial charge in [0.25, 0.3) is 5.91 Å². The molecule has 0 unspecified atom stereocenters. The SMILES string of the molecule is CCNS(=O)(=O)c1ccc(C)c(C(=O)N[C@H]2CCCNC2)c1.Cl. The first-order valence-electron chi connectivity index (χ1n) is 7.56. The quantitative estimate of drug-likeness (QED) is 0.735. The lowest BCUT2D eigenvalue weighted by molar-refractivity contribution is 0.0930. The van der Waals surface area contributed by atoms with Gasteiger partial charge in [0.2, 0.25) is 10.0 Å². The highest BCUT2D eigenvalue weighted by atomic mass is 35.5. The summed E-state index contributed by atoms with van der Waals surface area (Å²) in [6, 6.07) is 4.72. The third kappa shape index (κ3) is 5.17. The molecule has 1 amide bonds. The third-order valence-corrected chi connectivity index (χ3v) is 5.27. The molecule has 1 heterocycles. The maximum absolute atomic E-state index is 12.4. The Morgan fingerprint density at radius 1 is 1.39 bits per heavy atom. The average molecular weight is 362 g/mol. The van der Waals surface area contributed by atoms with Crippen molar-refractivity contribution in [1.82, 2.24) is 15.4 Å². The molecule has 1 aliphatic heterocycles. The lowest BCUT2D eigenvalue weighted by atomic mass is 10.1. The molecule has 23 heavy (non-hydrogen) atoms. The van der Waals surface area contributed by atoms with E-state index < -0.39 is 10.0 Å². The van der Waals surface area contributed by atoms with Gasteiger partial charge in [0, 0.05) is 24.7 Å². The van der Waals surface area contributed by atoms with Crippen LogP contribution in [-0.4, -0.2) is 40.0 Å². The highest BCUT2D eigenvalue weighted by Crippen LogP contribution is 2.16. The van der Waals surface area contributed by atoms with Crippen molar-refractivity contribution >= 4 is 28.3 Å². The molecule has 0 aromatic heterocycles. The number of halogens is 1. The monoisotopic (exact) mass is 361 g/mol. The van der Waals surface area contributed by atoms with Crippen molar-refractivity contribution < 1.29 is 13.2 Å². The van der Waals surface area contributed by atoms with Crippen LogP contribution in [-0.2, 0) is 10.0 Å². The van der Waals surface area contributed by atoms with Crippen molar-refractivity contribution in [3.05, 3.63) is 29.3 Å². The van der Waals surface area contributed by atoms with Crippen LogP contribution in [0.3, 0.4) is 0 Å². The van der Waals surface area contributed by atoms with Gasteiger partial charge in [-0.05, 0) is 44.0 Å². The summed E-state index contributed by atoms with van der Waals surface area (Å²) in [5.74, 6) is -0.222. The van der Waals surface area contributed by atoms with Gasteiger partial charge < -0.3 is 10.6 Å².